The van der Waals surface area contributed by atoms with Crippen LogP contribution in [0.1, 0.15) is 103 Å². The molecule has 44 heavy (non-hydrogen) atoms. The number of hydrogen-bond donors (Lipinski definition) is 0. The number of nitrogens with zero attached hydrogens (tertiary/aromatic N) is 2. The van der Waals surface area contributed by atoms with Gasteiger partial charge in [-0.3, -0.25) is 9.59 Å². The Morgan fingerprint density at radius 3 is 0.955 bits per heavy atom. The lowest BCUT2D eigenvalue weighted by molar-refractivity contribution is -0.922. The molecular formula is C38H68ClIN2O2. The van der Waals surface area contributed by atoms with Crippen molar-refractivity contribution in [2.45, 2.75) is 110 Å². The highest BCUT2D eigenvalue weighted by molar-refractivity contribution is 5.82. The van der Waals surface area contributed by atoms with Crippen molar-refractivity contribution in [1.82, 2.24) is 0 Å². The maximum atomic E-state index is 12.3. The third-order valence-corrected chi connectivity index (χ3v) is 9.79. The van der Waals surface area contributed by atoms with E-state index in [-0.39, 0.29) is 51.2 Å². The molecule has 0 atom stereocenters. The standard InChI is InChI=1S/2C18H30NO.2CH4.ClH.HI/c2*1-6-19(7-2,8-3)13-12-17(20)14-18-15(4)10-9-11-16(18)5;;;;/h2*9-11H,6-8,12-14H2,1-5H3;2*1H4;2*1H/q2*+1;;;;/p-2. The summed E-state index contributed by atoms with van der Waals surface area (Å²) in [7, 11) is 0. The van der Waals surface area contributed by atoms with Crippen LogP contribution in [0.3, 0.4) is 0 Å². The number of ketones is 2. The number of quaternary nitrogens is 2. The summed E-state index contributed by atoms with van der Waals surface area (Å²) in [6, 6.07) is 12.5. The van der Waals surface area contributed by atoms with E-state index in [0.717, 1.165) is 61.3 Å². The van der Waals surface area contributed by atoms with Gasteiger partial charge in [-0.25, -0.2) is 0 Å². The minimum atomic E-state index is 0. The molecule has 256 valence electrons. The molecule has 6 heteroatoms. The molecule has 0 amide bonds. The molecule has 0 bridgehead atoms. The zero-order valence-corrected chi connectivity index (χ0v) is 31.3. The normalized spacial score (nSPS) is 10.6. The number of carbonyl (C=O) groups is 2. The first-order chi connectivity index (χ1) is 19.0. The van der Waals surface area contributed by atoms with Crippen molar-refractivity contribution in [2.75, 3.05) is 52.4 Å². The Kier molecular flexibility index (Phi) is 28.1. The molecule has 0 fully saturated rings. The summed E-state index contributed by atoms with van der Waals surface area (Å²) in [4.78, 5) is 24.6. The summed E-state index contributed by atoms with van der Waals surface area (Å²) < 4.78 is 2.11. The Morgan fingerprint density at radius 2 is 0.750 bits per heavy atom. The predicted molar refractivity (Wildman–Crippen MR) is 185 cm³/mol. The van der Waals surface area contributed by atoms with Crippen LogP contribution in [-0.2, 0) is 22.4 Å². The minimum Gasteiger partial charge on any atom is -1.00 e. The van der Waals surface area contributed by atoms with Crippen LogP contribution >= 0.6 is 0 Å². The van der Waals surface area contributed by atoms with Gasteiger partial charge in [0.1, 0.15) is 11.6 Å². The lowest BCUT2D eigenvalue weighted by Gasteiger charge is -2.35. The number of rotatable bonds is 16. The van der Waals surface area contributed by atoms with Gasteiger partial charge >= 0.3 is 0 Å². The molecule has 0 aliphatic rings. The molecule has 0 saturated carbocycles. The monoisotopic (exact) mass is 746 g/mol. The fourth-order valence-electron chi connectivity index (χ4n) is 5.84. The number of benzene rings is 2. The highest BCUT2D eigenvalue weighted by Crippen LogP contribution is 2.17. The number of halogens is 2. The predicted octanol–water partition coefficient (Wildman–Crippen LogP) is 2.64. The van der Waals surface area contributed by atoms with Crippen LogP contribution in [0.25, 0.3) is 0 Å². The van der Waals surface area contributed by atoms with Gasteiger partial charge in [0.05, 0.1) is 65.2 Å². The summed E-state index contributed by atoms with van der Waals surface area (Å²) in [6.45, 7) is 30.4. The van der Waals surface area contributed by atoms with Crippen molar-refractivity contribution in [1.29, 1.82) is 0 Å². The van der Waals surface area contributed by atoms with Crippen molar-refractivity contribution in [2.24, 2.45) is 0 Å². The fourth-order valence-corrected chi connectivity index (χ4v) is 5.84. The SMILES string of the molecule is C.C.CC[N+](CC)(CC)CCC(=O)Cc1c(C)cccc1C.CC[N+](CC)(CC)CCC(=O)Cc1c(C)cccc1C.[Cl-].[I-]. The van der Waals surface area contributed by atoms with Gasteiger partial charge in [-0.2, -0.15) is 0 Å². The summed E-state index contributed by atoms with van der Waals surface area (Å²) in [5.74, 6) is 0.750. The average molecular weight is 747 g/mol. The Balaban J connectivity index is -0.000000333. The molecule has 0 N–H and O–H groups in total. The second kappa shape index (κ2) is 24.9. The van der Waals surface area contributed by atoms with E-state index in [1.54, 1.807) is 0 Å². The molecule has 0 aromatic heterocycles. The molecule has 2 aromatic carbocycles. The first kappa shape index (κ1) is 49.6. The zero-order valence-electron chi connectivity index (χ0n) is 28.4. The number of Topliss-reactive ketones (excluding diaryl/α,β-unsaturated/α-hetero) is 2. The number of aryl methyl sites for hydroxylation is 4. The van der Waals surface area contributed by atoms with E-state index < -0.39 is 0 Å². The van der Waals surface area contributed by atoms with E-state index in [2.05, 4.69) is 106 Å². The lowest BCUT2D eigenvalue weighted by Crippen LogP contribution is -3.00. The highest BCUT2D eigenvalue weighted by atomic mass is 127. The van der Waals surface area contributed by atoms with Crippen molar-refractivity contribution in [3.05, 3.63) is 69.8 Å². The van der Waals surface area contributed by atoms with Crippen LogP contribution < -0.4 is 36.4 Å². The molecule has 0 aliphatic carbocycles. The van der Waals surface area contributed by atoms with E-state index >= 15 is 0 Å². The molecule has 0 spiro atoms. The Labute approximate surface area is 297 Å². The Morgan fingerprint density at radius 1 is 0.523 bits per heavy atom. The van der Waals surface area contributed by atoms with Gasteiger partial charge in [-0.05, 0) is 103 Å². The molecule has 0 saturated heterocycles. The second-order valence-electron chi connectivity index (χ2n) is 11.7. The fraction of sp³-hybridized carbons (Fsp3) is 0.632. The molecule has 4 nitrogen and oxygen atoms in total. The Bertz CT molecular complexity index is 936. The summed E-state index contributed by atoms with van der Waals surface area (Å²) in [5.41, 5.74) is 7.39. The molecule has 0 radical (unpaired) electrons. The van der Waals surface area contributed by atoms with Crippen molar-refractivity contribution in [3.8, 4) is 0 Å². The van der Waals surface area contributed by atoms with Crippen LogP contribution in [0.5, 0.6) is 0 Å². The first-order valence-corrected chi connectivity index (χ1v) is 15.8. The third kappa shape index (κ3) is 15.3. The summed E-state index contributed by atoms with van der Waals surface area (Å²) >= 11 is 0. The van der Waals surface area contributed by atoms with Crippen molar-refractivity contribution >= 4 is 11.6 Å². The van der Waals surface area contributed by atoms with E-state index in [4.69, 9.17) is 0 Å². The molecular weight excluding hydrogens is 679 g/mol. The largest absolute Gasteiger partial charge is 1.00 e. The van der Waals surface area contributed by atoms with Crippen LogP contribution in [0.2, 0.25) is 0 Å². The third-order valence-electron chi connectivity index (χ3n) is 9.79. The maximum Gasteiger partial charge on any atom is 0.142 e. The first-order valence-electron chi connectivity index (χ1n) is 15.8. The van der Waals surface area contributed by atoms with Gasteiger partial charge in [0.15, 0.2) is 0 Å². The molecule has 0 heterocycles. The van der Waals surface area contributed by atoms with Crippen molar-refractivity contribution < 1.29 is 54.9 Å². The molecule has 2 aromatic rings. The van der Waals surface area contributed by atoms with Gasteiger partial charge in [-0.15, -0.1) is 0 Å². The Hall–Kier alpha value is -1.28. The zero-order chi connectivity index (χ0) is 30.3. The quantitative estimate of drug-likeness (QED) is 0.196. The van der Waals surface area contributed by atoms with Gasteiger partial charge < -0.3 is 45.3 Å². The van der Waals surface area contributed by atoms with Crippen LogP contribution in [0.4, 0.5) is 0 Å². The van der Waals surface area contributed by atoms with Gasteiger partial charge in [0.25, 0.3) is 0 Å². The van der Waals surface area contributed by atoms with E-state index in [9.17, 15) is 9.59 Å². The molecule has 0 unspecified atom stereocenters. The van der Waals surface area contributed by atoms with E-state index in [1.165, 1.54) is 33.4 Å². The van der Waals surface area contributed by atoms with Crippen LogP contribution in [0.15, 0.2) is 36.4 Å². The van der Waals surface area contributed by atoms with Crippen molar-refractivity contribution in [3.63, 3.8) is 0 Å². The maximum absolute atomic E-state index is 12.3. The minimum absolute atomic E-state index is 0. The number of carbonyl (C=O) groups excluding carboxylic acids is 2. The second-order valence-corrected chi connectivity index (χ2v) is 11.7. The average Bonchev–Trinajstić information content (AvgIpc) is 2.95. The van der Waals surface area contributed by atoms with Gasteiger partial charge in [0, 0.05) is 12.8 Å². The smallest absolute Gasteiger partial charge is 0.142 e. The van der Waals surface area contributed by atoms with Crippen LogP contribution in [-0.4, -0.2) is 72.9 Å². The highest BCUT2D eigenvalue weighted by Gasteiger charge is 2.23. The molecule has 2 rings (SSSR count). The summed E-state index contributed by atoms with van der Waals surface area (Å²) in [5, 5.41) is 0. The summed E-state index contributed by atoms with van der Waals surface area (Å²) in [6.07, 6.45) is 2.58. The lowest BCUT2D eigenvalue weighted by atomic mass is 9.97. The number of hydrogen-bond acceptors (Lipinski definition) is 2. The van der Waals surface area contributed by atoms with E-state index in [0.29, 0.717) is 37.2 Å². The van der Waals surface area contributed by atoms with Gasteiger partial charge in [-0.1, -0.05) is 51.3 Å². The molecule has 0 aliphatic heterocycles. The topological polar surface area (TPSA) is 34.1 Å². The van der Waals surface area contributed by atoms with Crippen LogP contribution in [0, 0.1) is 27.7 Å². The van der Waals surface area contributed by atoms with E-state index in [1.807, 2.05) is 0 Å². The van der Waals surface area contributed by atoms with Gasteiger partial charge in [0.2, 0.25) is 0 Å².